The number of hydrogen-bond acceptors (Lipinski definition) is 0. The van der Waals surface area contributed by atoms with Crippen LogP contribution in [0.25, 0.3) is 0 Å². The monoisotopic (exact) mass is 246 g/mol. The molecule has 0 amide bonds. The summed E-state index contributed by atoms with van der Waals surface area (Å²) in [7, 11) is 0. The second-order valence-corrected chi connectivity index (χ2v) is 5.62. The Morgan fingerprint density at radius 1 is 0.625 bits per heavy atom. The molecule has 98 valence electrons. The van der Waals surface area contributed by atoms with Gasteiger partial charge in [-0.3, -0.25) is 0 Å². The molecule has 0 rings (SSSR count). The molecule has 0 saturated heterocycles. The maximum absolute atomic E-state index is 6.28. The Labute approximate surface area is 108 Å². The fourth-order valence-electron chi connectivity index (χ4n) is 2.08. The van der Waals surface area contributed by atoms with Crippen LogP contribution >= 0.6 is 11.6 Å². The van der Waals surface area contributed by atoms with E-state index in [1.165, 1.54) is 77.0 Å². The smallest absolute Gasteiger partial charge is 0.0336 e. The van der Waals surface area contributed by atoms with Gasteiger partial charge in [0.25, 0.3) is 0 Å². The normalized spacial score (nSPS) is 12.9. The lowest BCUT2D eigenvalue weighted by Crippen LogP contribution is -1.98. The van der Waals surface area contributed by atoms with Crippen LogP contribution < -0.4 is 0 Å². The van der Waals surface area contributed by atoms with Gasteiger partial charge in [-0.15, -0.1) is 11.6 Å². The molecule has 0 N–H and O–H groups in total. The maximum atomic E-state index is 6.28. The Hall–Kier alpha value is 0.290. The number of halogens is 1. The van der Waals surface area contributed by atoms with Crippen molar-refractivity contribution in [3.8, 4) is 0 Å². The molecule has 0 fully saturated rings. The number of unbranched alkanes of at least 4 members (excludes halogenated alkanes) is 8. The molecular formula is C15H31Cl. The molecule has 0 aromatic heterocycles. The van der Waals surface area contributed by atoms with E-state index in [1.807, 2.05) is 0 Å². The van der Waals surface area contributed by atoms with Crippen molar-refractivity contribution in [1.29, 1.82) is 0 Å². The molecule has 0 nitrogen and oxygen atoms in total. The predicted octanol–water partition coefficient (Wildman–Crippen LogP) is 6.31. The van der Waals surface area contributed by atoms with Gasteiger partial charge in [0, 0.05) is 5.38 Å². The maximum Gasteiger partial charge on any atom is 0.0336 e. The Balaban J connectivity index is 3.06. The summed E-state index contributed by atoms with van der Waals surface area (Å²) in [4.78, 5) is 0. The van der Waals surface area contributed by atoms with Gasteiger partial charge in [0.1, 0.15) is 0 Å². The van der Waals surface area contributed by atoms with Gasteiger partial charge in [0.15, 0.2) is 0 Å². The van der Waals surface area contributed by atoms with Crippen LogP contribution in [0.2, 0.25) is 0 Å². The topological polar surface area (TPSA) is 0 Å². The van der Waals surface area contributed by atoms with Crippen LogP contribution in [-0.4, -0.2) is 5.38 Å². The summed E-state index contributed by atoms with van der Waals surface area (Å²) in [5, 5.41) is 0.446. The third kappa shape index (κ3) is 12.4. The fraction of sp³-hybridized carbons (Fsp3) is 1.00. The van der Waals surface area contributed by atoms with Gasteiger partial charge in [0.05, 0.1) is 0 Å². The van der Waals surface area contributed by atoms with Crippen molar-refractivity contribution < 1.29 is 0 Å². The molecule has 0 spiro atoms. The van der Waals surface area contributed by atoms with Crippen molar-refractivity contribution in [3.05, 3.63) is 0 Å². The summed E-state index contributed by atoms with van der Waals surface area (Å²) < 4.78 is 0. The SMILES string of the molecule is CCCCCCCCCC(Cl)CCCCC. The number of alkyl halides is 1. The molecular weight excluding hydrogens is 216 g/mol. The second-order valence-electron chi connectivity index (χ2n) is 5.00. The second kappa shape index (κ2) is 13.4. The first-order valence-electron chi connectivity index (χ1n) is 7.45. The molecule has 0 aliphatic rings. The minimum Gasteiger partial charge on any atom is -0.123 e. The molecule has 0 heterocycles. The standard InChI is InChI=1S/C15H31Cl/c1-3-5-7-8-9-10-12-14-15(16)13-11-6-4-2/h15H,3-14H2,1-2H3. The summed E-state index contributed by atoms with van der Waals surface area (Å²) >= 11 is 6.28. The van der Waals surface area contributed by atoms with Crippen LogP contribution in [0.1, 0.15) is 90.9 Å². The summed E-state index contributed by atoms with van der Waals surface area (Å²) in [6, 6.07) is 0. The number of hydrogen-bond donors (Lipinski definition) is 0. The van der Waals surface area contributed by atoms with Crippen LogP contribution in [0.15, 0.2) is 0 Å². The first kappa shape index (κ1) is 16.3. The van der Waals surface area contributed by atoms with Gasteiger partial charge in [-0.1, -0.05) is 78.1 Å². The first-order valence-corrected chi connectivity index (χ1v) is 7.89. The van der Waals surface area contributed by atoms with E-state index < -0.39 is 0 Å². The third-order valence-electron chi connectivity index (χ3n) is 3.24. The van der Waals surface area contributed by atoms with E-state index in [9.17, 15) is 0 Å². The highest BCUT2D eigenvalue weighted by molar-refractivity contribution is 6.20. The minimum absolute atomic E-state index is 0.446. The van der Waals surface area contributed by atoms with E-state index in [-0.39, 0.29) is 0 Å². The van der Waals surface area contributed by atoms with E-state index >= 15 is 0 Å². The van der Waals surface area contributed by atoms with E-state index in [1.54, 1.807) is 0 Å². The summed E-state index contributed by atoms with van der Waals surface area (Å²) in [6.07, 6.45) is 16.2. The zero-order chi connectivity index (χ0) is 12.1. The van der Waals surface area contributed by atoms with Gasteiger partial charge in [-0.2, -0.15) is 0 Å². The van der Waals surface area contributed by atoms with E-state index in [0.29, 0.717) is 5.38 Å². The Bertz CT molecular complexity index is 123. The molecule has 0 radical (unpaired) electrons. The van der Waals surface area contributed by atoms with E-state index in [0.717, 1.165) is 0 Å². The third-order valence-corrected chi connectivity index (χ3v) is 3.68. The Morgan fingerprint density at radius 2 is 1.00 bits per heavy atom. The van der Waals surface area contributed by atoms with Crippen molar-refractivity contribution in [2.75, 3.05) is 0 Å². The van der Waals surface area contributed by atoms with Gasteiger partial charge in [-0.25, -0.2) is 0 Å². The molecule has 16 heavy (non-hydrogen) atoms. The summed E-state index contributed by atoms with van der Waals surface area (Å²) in [5.74, 6) is 0. The molecule has 0 bridgehead atoms. The molecule has 0 saturated carbocycles. The summed E-state index contributed by atoms with van der Waals surface area (Å²) in [6.45, 7) is 4.52. The van der Waals surface area contributed by atoms with Crippen LogP contribution in [0, 0.1) is 0 Å². The van der Waals surface area contributed by atoms with Crippen molar-refractivity contribution in [3.63, 3.8) is 0 Å². The predicted molar refractivity (Wildman–Crippen MR) is 76.4 cm³/mol. The lowest BCUT2D eigenvalue weighted by molar-refractivity contribution is 0.546. The Kier molecular flexibility index (Phi) is 13.6. The van der Waals surface area contributed by atoms with Crippen LogP contribution in [0.5, 0.6) is 0 Å². The van der Waals surface area contributed by atoms with Gasteiger partial charge < -0.3 is 0 Å². The Morgan fingerprint density at radius 3 is 1.56 bits per heavy atom. The van der Waals surface area contributed by atoms with Gasteiger partial charge >= 0.3 is 0 Å². The molecule has 0 aromatic carbocycles. The average Bonchev–Trinajstić information content (AvgIpc) is 2.28. The molecule has 0 aromatic rings. The van der Waals surface area contributed by atoms with Crippen molar-refractivity contribution in [2.24, 2.45) is 0 Å². The highest BCUT2D eigenvalue weighted by Gasteiger charge is 2.03. The molecule has 1 unspecified atom stereocenters. The lowest BCUT2D eigenvalue weighted by atomic mass is 10.0. The lowest BCUT2D eigenvalue weighted by Gasteiger charge is -2.08. The largest absolute Gasteiger partial charge is 0.123 e. The van der Waals surface area contributed by atoms with Crippen molar-refractivity contribution in [2.45, 2.75) is 96.3 Å². The van der Waals surface area contributed by atoms with Crippen molar-refractivity contribution in [1.82, 2.24) is 0 Å². The van der Waals surface area contributed by atoms with Crippen LogP contribution in [0.3, 0.4) is 0 Å². The summed E-state index contributed by atoms with van der Waals surface area (Å²) in [5.41, 5.74) is 0. The van der Waals surface area contributed by atoms with Gasteiger partial charge in [0.2, 0.25) is 0 Å². The van der Waals surface area contributed by atoms with E-state index in [4.69, 9.17) is 11.6 Å². The zero-order valence-electron chi connectivity index (χ0n) is 11.4. The molecule has 0 aliphatic carbocycles. The molecule has 0 aliphatic heterocycles. The molecule has 1 atom stereocenters. The highest BCUT2D eigenvalue weighted by atomic mass is 35.5. The first-order chi connectivity index (χ1) is 7.81. The van der Waals surface area contributed by atoms with Crippen molar-refractivity contribution >= 4 is 11.6 Å². The molecule has 1 heteroatoms. The zero-order valence-corrected chi connectivity index (χ0v) is 12.2. The average molecular weight is 247 g/mol. The number of rotatable bonds is 12. The highest BCUT2D eigenvalue weighted by Crippen LogP contribution is 2.17. The minimum atomic E-state index is 0.446. The van der Waals surface area contributed by atoms with Crippen LogP contribution in [-0.2, 0) is 0 Å². The van der Waals surface area contributed by atoms with Gasteiger partial charge in [-0.05, 0) is 12.8 Å². The van der Waals surface area contributed by atoms with Crippen LogP contribution in [0.4, 0.5) is 0 Å². The fourth-order valence-corrected chi connectivity index (χ4v) is 2.39. The van der Waals surface area contributed by atoms with E-state index in [2.05, 4.69) is 13.8 Å². The quantitative estimate of drug-likeness (QED) is 0.279.